The number of ether oxygens (including phenoxy) is 1. The lowest BCUT2D eigenvalue weighted by Crippen LogP contribution is -2.36. The van der Waals surface area contributed by atoms with Crippen LogP contribution < -0.4 is 5.32 Å². The summed E-state index contributed by atoms with van der Waals surface area (Å²) in [5.74, 6) is -0.662. The molecular weight excluding hydrogens is 497 g/mol. The van der Waals surface area contributed by atoms with Gasteiger partial charge in [0.2, 0.25) is 10.0 Å². The molecule has 1 atom stereocenters. The summed E-state index contributed by atoms with van der Waals surface area (Å²) in [6, 6.07) is 5.81. The number of nitrogens with zero attached hydrogens (tertiary/aromatic N) is 4. The fraction of sp³-hybridized carbons (Fsp3) is 0.500. The lowest BCUT2D eigenvalue weighted by molar-refractivity contribution is -0.110. The van der Waals surface area contributed by atoms with Crippen molar-refractivity contribution >= 4 is 38.1 Å². The molecule has 2 heterocycles. The summed E-state index contributed by atoms with van der Waals surface area (Å²) < 4.78 is 45.8. The summed E-state index contributed by atoms with van der Waals surface area (Å²) in [5, 5.41) is 6.03. The highest BCUT2D eigenvalue weighted by Crippen LogP contribution is 2.19. The number of hydrogen-bond acceptors (Lipinski definition) is 9. The summed E-state index contributed by atoms with van der Waals surface area (Å²) in [4.78, 5) is 24.4. The number of halogens is 1. The second-order valence-electron chi connectivity index (χ2n) is 7.83. The molecule has 1 fully saturated rings. The number of amides is 1. The van der Waals surface area contributed by atoms with Crippen molar-refractivity contribution in [2.75, 3.05) is 51.8 Å². The third-order valence-corrected chi connectivity index (χ3v) is 8.13. The first kappa shape index (κ1) is 27.1. The Morgan fingerprint density at radius 3 is 2.57 bits per heavy atom. The van der Waals surface area contributed by atoms with Gasteiger partial charge in [-0.3, -0.25) is 10.1 Å². The van der Waals surface area contributed by atoms with E-state index in [2.05, 4.69) is 20.4 Å². The van der Waals surface area contributed by atoms with E-state index in [0.717, 1.165) is 19.3 Å². The zero-order chi connectivity index (χ0) is 25.4. The Hall–Kier alpha value is -2.45. The fourth-order valence-electron chi connectivity index (χ4n) is 3.32. The van der Waals surface area contributed by atoms with Crippen molar-refractivity contribution < 1.29 is 27.2 Å². The fourth-order valence-corrected chi connectivity index (χ4v) is 5.03. The van der Waals surface area contributed by atoms with E-state index in [0.29, 0.717) is 49.6 Å². The molecule has 35 heavy (non-hydrogen) atoms. The third kappa shape index (κ3) is 7.27. The number of thiazole rings is 1. The number of likely N-dealkylation sites (N-methyl/N-ethyl adjacent to an activating group) is 2. The van der Waals surface area contributed by atoms with Gasteiger partial charge in [-0.2, -0.15) is 8.70 Å². The first-order chi connectivity index (χ1) is 16.7. The maximum absolute atomic E-state index is 13.3. The van der Waals surface area contributed by atoms with Gasteiger partial charge in [0.25, 0.3) is 5.91 Å². The second-order valence-corrected chi connectivity index (χ2v) is 10.9. The highest BCUT2D eigenvalue weighted by atomic mass is 32.2. The first-order valence-electron chi connectivity index (χ1n) is 11.3. The Morgan fingerprint density at radius 2 is 2.00 bits per heavy atom. The number of benzene rings is 1. The molecule has 192 valence electrons. The van der Waals surface area contributed by atoms with Gasteiger partial charge < -0.3 is 14.5 Å². The number of oxime groups is 1. The van der Waals surface area contributed by atoms with Crippen LogP contribution in [-0.4, -0.2) is 86.8 Å². The van der Waals surface area contributed by atoms with Crippen LogP contribution in [0.25, 0.3) is 0 Å². The second kappa shape index (κ2) is 12.5. The number of carbonyl (C=O) groups excluding carboxylic acids is 1. The average Bonchev–Trinajstić information content (AvgIpc) is 3.51. The van der Waals surface area contributed by atoms with Crippen LogP contribution in [0, 0.1) is 5.13 Å². The molecule has 1 aromatic heterocycles. The van der Waals surface area contributed by atoms with Gasteiger partial charge in [0, 0.05) is 32.1 Å². The highest BCUT2D eigenvalue weighted by molar-refractivity contribution is 7.89. The van der Waals surface area contributed by atoms with E-state index >= 15 is 0 Å². The summed E-state index contributed by atoms with van der Waals surface area (Å²) >= 11 is 0.677. The molecule has 2 aromatic rings. The molecule has 0 radical (unpaired) electrons. The van der Waals surface area contributed by atoms with Crippen LogP contribution in [0.5, 0.6) is 0 Å². The number of nitrogens with one attached hydrogen (secondary N) is 1. The molecule has 1 aliphatic heterocycles. The van der Waals surface area contributed by atoms with E-state index in [9.17, 15) is 17.6 Å². The molecule has 1 aliphatic rings. The first-order valence-corrected chi connectivity index (χ1v) is 13.5. The van der Waals surface area contributed by atoms with E-state index < -0.39 is 21.1 Å². The van der Waals surface area contributed by atoms with Crippen molar-refractivity contribution in [3.63, 3.8) is 0 Å². The number of anilines is 1. The summed E-state index contributed by atoms with van der Waals surface area (Å²) in [6.07, 6.45) is 1.33. The standard InChI is InChI=1S/C22H30FN5O5S2/c1-4-28(5-2)12-11-27(3)35(30,31)18-8-6-16(7-9-18)20(26-33-17-10-13-32-15-17)21(29)25-22-24-14-19(23)34-22/h6-9,14,17H,4-5,10-13,15H2,1-3H3,(H,24,25,29)/t17-/m1/s1. The van der Waals surface area contributed by atoms with Gasteiger partial charge >= 0.3 is 0 Å². The zero-order valence-electron chi connectivity index (χ0n) is 19.9. The molecule has 13 heteroatoms. The van der Waals surface area contributed by atoms with Gasteiger partial charge in [-0.15, -0.1) is 0 Å². The van der Waals surface area contributed by atoms with Crippen LogP contribution >= 0.6 is 11.3 Å². The lowest BCUT2D eigenvalue weighted by Gasteiger charge is -2.23. The molecule has 10 nitrogen and oxygen atoms in total. The number of carbonyl (C=O) groups is 1. The number of rotatable bonds is 12. The van der Waals surface area contributed by atoms with Crippen LogP contribution in [0.4, 0.5) is 9.52 Å². The smallest absolute Gasteiger partial charge is 0.280 e. The van der Waals surface area contributed by atoms with Crippen LogP contribution in [0.1, 0.15) is 25.8 Å². The number of hydrogen-bond donors (Lipinski definition) is 1. The predicted molar refractivity (Wildman–Crippen MR) is 132 cm³/mol. The Balaban J connectivity index is 1.78. The molecule has 1 aromatic carbocycles. The van der Waals surface area contributed by atoms with Crippen molar-refractivity contribution in [1.29, 1.82) is 0 Å². The lowest BCUT2D eigenvalue weighted by atomic mass is 10.1. The van der Waals surface area contributed by atoms with Crippen LogP contribution in [0.2, 0.25) is 0 Å². The summed E-state index contributed by atoms with van der Waals surface area (Å²) in [7, 11) is -2.18. The molecule has 1 amide bonds. The van der Waals surface area contributed by atoms with E-state index in [1.165, 1.54) is 35.6 Å². The van der Waals surface area contributed by atoms with Crippen LogP contribution in [0.3, 0.4) is 0 Å². The van der Waals surface area contributed by atoms with E-state index in [4.69, 9.17) is 9.57 Å². The predicted octanol–water partition coefficient (Wildman–Crippen LogP) is 2.39. The molecular formula is C22H30FN5O5S2. The molecule has 1 N–H and O–H groups in total. The Labute approximate surface area is 208 Å². The Kier molecular flexibility index (Phi) is 9.69. The Morgan fingerprint density at radius 1 is 1.29 bits per heavy atom. The van der Waals surface area contributed by atoms with Crippen molar-refractivity contribution in [2.45, 2.75) is 31.3 Å². The largest absolute Gasteiger partial charge is 0.389 e. The summed E-state index contributed by atoms with van der Waals surface area (Å²) in [5.41, 5.74) is 0.245. The van der Waals surface area contributed by atoms with Crippen molar-refractivity contribution in [3.8, 4) is 0 Å². The maximum atomic E-state index is 13.3. The normalized spacial score (nSPS) is 16.7. The topological polar surface area (TPSA) is 113 Å². The van der Waals surface area contributed by atoms with Gasteiger partial charge in [0.1, 0.15) is 0 Å². The SMILES string of the molecule is CCN(CC)CCN(C)S(=O)(=O)c1ccc(C(=NO[C@@H]2CCOC2)C(=O)Nc2ncc(F)s2)cc1. The van der Waals surface area contributed by atoms with Gasteiger partial charge in [-0.25, -0.2) is 13.4 Å². The van der Waals surface area contributed by atoms with Gasteiger partial charge in [0.05, 0.1) is 24.3 Å². The minimum Gasteiger partial charge on any atom is -0.389 e. The molecule has 0 bridgehead atoms. The minimum absolute atomic E-state index is 0.0680. The average molecular weight is 528 g/mol. The van der Waals surface area contributed by atoms with Gasteiger partial charge in [-0.05, 0) is 25.2 Å². The van der Waals surface area contributed by atoms with Gasteiger partial charge in [0.15, 0.2) is 22.1 Å². The van der Waals surface area contributed by atoms with E-state index in [1.54, 1.807) is 0 Å². The monoisotopic (exact) mass is 527 g/mol. The van der Waals surface area contributed by atoms with Gasteiger partial charge in [-0.1, -0.05) is 42.5 Å². The molecule has 0 aliphatic carbocycles. The highest BCUT2D eigenvalue weighted by Gasteiger charge is 2.24. The minimum atomic E-state index is -3.72. The van der Waals surface area contributed by atoms with Crippen molar-refractivity contribution in [1.82, 2.24) is 14.2 Å². The molecule has 0 spiro atoms. The molecule has 0 unspecified atom stereocenters. The van der Waals surface area contributed by atoms with Crippen molar-refractivity contribution in [2.24, 2.45) is 5.16 Å². The maximum Gasteiger partial charge on any atom is 0.280 e. The molecule has 0 saturated carbocycles. The zero-order valence-corrected chi connectivity index (χ0v) is 21.6. The quantitative estimate of drug-likeness (QED) is 0.333. The van der Waals surface area contributed by atoms with Crippen molar-refractivity contribution in [3.05, 3.63) is 41.2 Å². The molecule has 1 saturated heterocycles. The summed E-state index contributed by atoms with van der Waals surface area (Å²) in [6.45, 7) is 7.60. The van der Waals surface area contributed by atoms with E-state index in [-0.39, 0.29) is 21.8 Å². The molecule has 3 rings (SSSR count). The van der Waals surface area contributed by atoms with Crippen LogP contribution in [0.15, 0.2) is 40.5 Å². The third-order valence-electron chi connectivity index (χ3n) is 5.56. The number of sulfonamides is 1. The Bertz CT molecular complexity index is 1110. The number of aromatic nitrogens is 1. The van der Waals surface area contributed by atoms with E-state index in [1.807, 2.05) is 13.8 Å². The van der Waals surface area contributed by atoms with Crippen LogP contribution in [-0.2, 0) is 24.4 Å².